The molecule has 0 saturated heterocycles. The van der Waals surface area contributed by atoms with Crippen LogP contribution in [0.3, 0.4) is 0 Å². The maximum Gasteiger partial charge on any atom is 0.0804 e. The second kappa shape index (κ2) is 4.83. The van der Waals surface area contributed by atoms with Crippen LogP contribution in [0.15, 0.2) is 17.5 Å². The van der Waals surface area contributed by atoms with Crippen LogP contribution in [0.2, 0.25) is 0 Å². The normalized spacial score (nSPS) is 12.9. The first-order chi connectivity index (χ1) is 7.36. The molecule has 0 aromatic carbocycles. The van der Waals surface area contributed by atoms with Gasteiger partial charge in [0.15, 0.2) is 0 Å². The molecule has 0 aliphatic carbocycles. The van der Waals surface area contributed by atoms with Gasteiger partial charge in [0.05, 0.1) is 16.6 Å². The van der Waals surface area contributed by atoms with Crippen LogP contribution in [0, 0.1) is 0 Å². The zero-order chi connectivity index (χ0) is 10.7. The average molecular weight is 239 g/mol. The molecule has 2 aromatic heterocycles. The van der Waals surface area contributed by atoms with Crippen LogP contribution >= 0.6 is 22.9 Å². The highest BCUT2D eigenvalue weighted by molar-refractivity contribution is 7.10. The predicted octanol–water partition coefficient (Wildman–Crippen LogP) is 2.47. The fraction of sp³-hybridized carbons (Fsp3) is 0.400. The summed E-state index contributed by atoms with van der Waals surface area (Å²) in [5.74, 6) is 0. The minimum Gasteiger partial charge on any atom is -0.308 e. The third kappa shape index (κ3) is 2.09. The van der Waals surface area contributed by atoms with Crippen molar-refractivity contribution in [1.82, 2.24) is 14.9 Å². The minimum atomic E-state index is 0.250. The van der Waals surface area contributed by atoms with Crippen molar-refractivity contribution in [3.63, 3.8) is 0 Å². The Labute approximate surface area is 97.3 Å². The molecule has 80 valence electrons. The molecule has 2 rings (SSSR count). The summed E-state index contributed by atoms with van der Waals surface area (Å²) < 4.78 is 4.03. The Morgan fingerprint density at radius 2 is 2.40 bits per heavy atom. The average Bonchev–Trinajstić information content (AvgIpc) is 2.89. The van der Waals surface area contributed by atoms with E-state index in [4.69, 9.17) is 0 Å². The minimum absolute atomic E-state index is 0.250. The number of thiophene rings is 1. The lowest BCUT2D eigenvalue weighted by atomic mass is 10.1. The van der Waals surface area contributed by atoms with E-state index in [1.807, 2.05) is 7.05 Å². The van der Waals surface area contributed by atoms with Crippen LogP contribution in [0.5, 0.6) is 0 Å². The van der Waals surface area contributed by atoms with E-state index in [1.54, 1.807) is 11.3 Å². The van der Waals surface area contributed by atoms with Gasteiger partial charge in [-0.25, -0.2) is 0 Å². The van der Waals surface area contributed by atoms with E-state index >= 15 is 0 Å². The van der Waals surface area contributed by atoms with Crippen molar-refractivity contribution >= 4 is 22.9 Å². The van der Waals surface area contributed by atoms with E-state index in [9.17, 15) is 0 Å². The second-order valence-electron chi connectivity index (χ2n) is 3.17. The molecule has 15 heavy (non-hydrogen) atoms. The lowest BCUT2D eigenvalue weighted by molar-refractivity contribution is 0.704. The second-order valence-corrected chi connectivity index (χ2v) is 4.94. The number of aryl methyl sites for hydroxylation is 1. The van der Waals surface area contributed by atoms with Crippen LogP contribution in [0.25, 0.3) is 0 Å². The van der Waals surface area contributed by atoms with Gasteiger partial charge in [-0.3, -0.25) is 0 Å². The number of nitrogens with one attached hydrogen (secondary N) is 1. The van der Waals surface area contributed by atoms with Crippen molar-refractivity contribution in [3.8, 4) is 0 Å². The molecule has 0 aliphatic rings. The summed E-state index contributed by atoms with van der Waals surface area (Å²) in [6.45, 7) is 2.11. The van der Waals surface area contributed by atoms with Crippen LogP contribution in [0.4, 0.5) is 0 Å². The Kier molecular flexibility index (Phi) is 3.45. The highest BCUT2D eigenvalue weighted by Gasteiger charge is 2.19. The Morgan fingerprint density at radius 1 is 1.53 bits per heavy atom. The monoisotopic (exact) mass is 239 g/mol. The number of hydrogen-bond acceptors (Lipinski definition) is 5. The summed E-state index contributed by atoms with van der Waals surface area (Å²) in [6.07, 6.45) is 0.940. The van der Waals surface area contributed by atoms with E-state index in [2.05, 4.69) is 39.3 Å². The zero-order valence-electron chi connectivity index (χ0n) is 8.73. The Balaban J connectivity index is 2.35. The number of nitrogens with zero attached hydrogens (tertiary/aromatic N) is 2. The molecule has 0 fully saturated rings. The first kappa shape index (κ1) is 10.7. The molecule has 0 saturated carbocycles. The van der Waals surface area contributed by atoms with Crippen molar-refractivity contribution in [2.45, 2.75) is 19.4 Å². The highest BCUT2D eigenvalue weighted by Crippen LogP contribution is 2.29. The molecule has 0 bridgehead atoms. The molecule has 2 heterocycles. The molecule has 3 nitrogen and oxygen atoms in total. The number of aromatic nitrogens is 2. The summed E-state index contributed by atoms with van der Waals surface area (Å²) in [5, 5.41) is 9.57. The quantitative estimate of drug-likeness (QED) is 0.890. The molecular weight excluding hydrogens is 226 g/mol. The van der Waals surface area contributed by atoms with Gasteiger partial charge in [-0.2, -0.15) is 0 Å². The Bertz CT molecular complexity index is 408. The molecule has 1 unspecified atom stereocenters. The van der Waals surface area contributed by atoms with Crippen molar-refractivity contribution in [3.05, 3.63) is 33.0 Å². The largest absolute Gasteiger partial charge is 0.308 e. The summed E-state index contributed by atoms with van der Waals surface area (Å²) in [6, 6.07) is 4.47. The third-order valence-corrected chi connectivity index (χ3v) is 4.07. The molecule has 2 aromatic rings. The fourth-order valence-corrected chi connectivity index (χ4v) is 3.32. The van der Waals surface area contributed by atoms with Gasteiger partial charge in [0.1, 0.15) is 0 Å². The molecule has 5 heteroatoms. The molecule has 0 amide bonds. The van der Waals surface area contributed by atoms with E-state index in [0.717, 1.165) is 12.1 Å². The van der Waals surface area contributed by atoms with Crippen molar-refractivity contribution in [2.75, 3.05) is 7.05 Å². The lowest BCUT2D eigenvalue weighted by Gasteiger charge is -2.12. The zero-order valence-corrected chi connectivity index (χ0v) is 10.4. The first-order valence-electron chi connectivity index (χ1n) is 4.88. The smallest absolute Gasteiger partial charge is 0.0804 e. The van der Waals surface area contributed by atoms with E-state index < -0.39 is 0 Å². The molecular formula is C10H13N3S2. The molecule has 1 atom stereocenters. The van der Waals surface area contributed by atoms with Crippen molar-refractivity contribution < 1.29 is 0 Å². The Morgan fingerprint density at radius 3 is 3.00 bits per heavy atom. The Hall–Kier alpha value is -0.780. The molecule has 0 spiro atoms. The van der Waals surface area contributed by atoms with Gasteiger partial charge >= 0.3 is 0 Å². The van der Waals surface area contributed by atoms with Crippen molar-refractivity contribution in [2.24, 2.45) is 0 Å². The van der Waals surface area contributed by atoms with Crippen LogP contribution < -0.4 is 5.32 Å². The maximum absolute atomic E-state index is 4.15. The number of rotatable bonds is 4. The third-order valence-electron chi connectivity index (χ3n) is 2.30. The van der Waals surface area contributed by atoms with Gasteiger partial charge in [0.25, 0.3) is 0 Å². The van der Waals surface area contributed by atoms with Crippen molar-refractivity contribution in [1.29, 1.82) is 0 Å². The van der Waals surface area contributed by atoms with Gasteiger partial charge in [-0.05, 0) is 36.4 Å². The summed E-state index contributed by atoms with van der Waals surface area (Å²) >= 11 is 3.25. The van der Waals surface area contributed by atoms with Gasteiger partial charge in [-0.15, -0.1) is 16.4 Å². The molecule has 0 aliphatic heterocycles. The summed E-state index contributed by atoms with van der Waals surface area (Å²) in [5.41, 5.74) is 1.10. The summed E-state index contributed by atoms with van der Waals surface area (Å²) in [4.78, 5) is 2.56. The first-order valence-corrected chi connectivity index (χ1v) is 6.54. The van der Waals surface area contributed by atoms with Crippen LogP contribution in [-0.2, 0) is 6.42 Å². The van der Waals surface area contributed by atoms with Crippen LogP contribution in [-0.4, -0.2) is 16.6 Å². The predicted molar refractivity (Wildman–Crippen MR) is 64.5 cm³/mol. The van der Waals surface area contributed by atoms with Gasteiger partial charge in [0, 0.05) is 4.88 Å². The number of hydrogen-bond donors (Lipinski definition) is 1. The fourth-order valence-electron chi connectivity index (χ4n) is 1.54. The molecule has 1 N–H and O–H groups in total. The van der Waals surface area contributed by atoms with E-state index in [1.165, 1.54) is 21.3 Å². The van der Waals surface area contributed by atoms with Gasteiger partial charge < -0.3 is 5.32 Å². The van der Waals surface area contributed by atoms with Crippen LogP contribution in [0.1, 0.15) is 28.4 Å². The SMILES string of the molecule is CCc1nnsc1C(NC)c1cccs1. The van der Waals surface area contributed by atoms with Gasteiger partial charge in [-0.1, -0.05) is 17.5 Å². The highest BCUT2D eigenvalue weighted by atomic mass is 32.1. The lowest BCUT2D eigenvalue weighted by Crippen LogP contribution is -2.16. The van der Waals surface area contributed by atoms with Gasteiger partial charge in [0.2, 0.25) is 0 Å². The molecule has 0 radical (unpaired) electrons. The topological polar surface area (TPSA) is 37.8 Å². The standard InChI is InChI=1S/C10H13N3S2/c1-3-7-10(15-13-12-7)9(11-2)8-5-4-6-14-8/h4-6,9,11H,3H2,1-2H3. The summed E-state index contributed by atoms with van der Waals surface area (Å²) in [7, 11) is 1.98. The van der Waals surface area contributed by atoms with E-state index in [0.29, 0.717) is 0 Å². The van der Waals surface area contributed by atoms with E-state index in [-0.39, 0.29) is 6.04 Å². The maximum atomic E-state index is 4.15.